The summed E-state index contributed by atoms with van der Waals surface area (Å²) >= 11 is 8.36. The summed E-state index contributed by atoms with van der Waals surface area (Å²) in [6.45, 7) is -0.916. The van der Waals surface area contributed by atoms with Gasteiger partial charge in [0.1, 0.15) is 18.3 Å². The van der Waals surface area contributed by atoms with E-state index >= 15 is 0 Å². The van der Waals surface area contributed by atoms with E-state index in [1.54, 1.807) is 12.1 Å². The lowest BCUT2D eigenvalue weighted by Crippen LogP contribution is -2.45. The van der Waals surface area contributed by atoms with Crippen molar-refractivity contribution in [2.45, 2.75) is 12.5 Å². The van der Waals surface area contributed by atoms with Crippen LogP contribution in [0.5, 0.6) is 0 Å². The average Bonchev–Trinajstić information content (AvgIpc) is 2.66. The normalized spacial score (nSPS) is 12.1. The van der Waals surface area contributed by atoms with Crippen molar-refractivity contribution >= 4 is 40.1 Å². The molecule has 1 atom stereocenters. The highest BCUT2D eigenvalue weighted by molar-refractivity contribution is 14.1. The smallest absolute Gasteiger partial charge is 0.330 e. The van der Waals surface area contributed by atoms with Gasteiger partial charge < -0.3 is 10.2 Å². The Hall–Kier alpha value is -1.73. The minimum Gasteiger partial charge on any atom is -0.394 e. The summed E-state index contributed by atoms with van der Waals surface area (Å²) in [5.41, 5.74) is 1.20. The fraction of sp³-hybridized carbons (Fsp3) is 0.353. The number of nitrogens with one attached hydrogen (secondary N) is 1. The molecule has 0 radical (unpaired) electrons. The van der Waals surface area contributed by atoms with Crippen molar-refractivity contribution in [3.05, 3.63) is 64.5 Å². The van der Waals surface area contributed by atoms with Crippen LogP contribution in [0.3, 0.4) is 0 Å². The van der Waals surface area contributed by atoms with Crippen molar-refractivity contribution in [1.82, 2.24) is 14.6 Å². The number of amides is 1. The molecule has 152 valence electrons. The lowest BCUT2D eigenvalue weighted by atomic mass is 10.0. The van der Waals surface area contributed by atoms with Crippen LogP contribution in [0.2, 0.25) is 5.02 Å². The molecule has 0 spiro atoms. The minimum atomic E-state index is -1.19. The molecular formula is C17H19ClIN3O6. The molecule has 0 saturated heterocycles. The van der Waals surface area contributed by atoms with Gasteiger partial charge in [0.05, 0.1) is 6.61 Å². The molecule has 0 aliphatic heterocycles. The number of carbonyl (C=O) groups excluding carboxylic acids is 1. The zero-order valence-electron chi connectivity index (χ0n) is 15.1. The summed E-state index contributed by atoms with van der Waals surface area (Å²) in [5.74, 6) is -0.877. The van der Waals surface area contributed by atoms with Gasteiger partial charge in [-0.3, -0.25) is 23.6 Å². The van der Waals surface area contributed by atoms with E-state index < -0.39 is 29.9 Å². The molecule has 1 aromatic heterocycles. The first-order valence-electron chi connectivity index (χ1n) is 8.11. The van der Waals surface area contributed by atoms with Crippen LogP contribution in [0.4, 0.5) is 0 Å². The minimum absolute atomic E-state index is 0.0690. The number of nitrogens with zero attached hydrogens (tertiary/aromatic N) is 2. The third-order valence-electron chi connectivity index (χ3n) is 4.04. The van der Waals surface area contributed by atoms with Crippen molar-refractivity contribution in [3.8, 4) is 0 Å². The number of aliphatic hydroxyl groups is 2. The van der Waals surface area contributed by atoms with Gasteiger partial charge in [-0.15, -0.1) is 0 Å². The third-order valence-corrected chi connectivity index (χ3v) is 5.06. The molecule has 0 aliphatic carbocycles. The van der Waals surface area contributed by atoms with Crippen LogP contribution in [-0.2, 0) is 25.4 Å². The van der Waals surface area contributed by atoms with Gasteiger partial charge in [-0.2, -0.15) is 0 Å². The quantitative estimate of drug-likeness (QED) is 0.345. The molecule has 1 heterocycles. The molecule has 0 bridgehead atoms. The zero-order chi connectivity index (χ0) is 21.0. The van der Waals surface area contributed by atoms with Gasteiger partial charge in [0, 0.05) is 34.8 Å². The fourth-order valence-electron chi connectivity index (χ4n) is 2.47. The molecule has 2 aromatic rings. The Morgan fingerprint density at radius 1 is 1.32 bits per heavy atom. The lowest BCUT2D eigenvalue weighted by Gasteiger charge is -2.16. The fourth-order valence-corrected chi connectivity index (χ4v) is 3.40. The Bertz CT molecular complexity index is 1000. The number of hydrogen-bond donors (Lipinski definition) is 3. The van der Waals surface area contributed by atoms with E-state index in [0.29, 0.717) is 10.6 Å². The van der Waals surface area contributed by atoms with Gasteiger partial charge in [0.2, 0.25) is 0 Å². The number of hydroxylamine groups is 1. The molecule has 9 nitrogen and oxygen atoms in total. The third kappa shape index (κ3) is 5.00. The zero-order valence-corrected chi connectivity index (χ0v) is 18.0. The van der Waals surface area contributed by atoms with Gasteiger partial charge >= 0.3 is 5.69 Å². The lowest BCUT2D eigenvalue weighted by molar-refractivity contribution is -0.0296. The molecule has 0 unspecified atom stereocenters. The summed E-state index contributed by atoms with van der Waals surface area (Å²) in [5, 5.41) is 18.5. The predicted molar refractivity (Wildman–Crippen MR) is 110 cm³/mol. The van der Waals surface area contributed by atoms with E-state index in [1.165, 1.54) is 18.7 Å². The van der Waals surface area contributed by atoms with Crippen LogP contribution in [0.1, 0.15) is 21.6 Å². The van der Waals surface area contributed by atoms with Crippen molar-refractivity contribution in [2.75, 3.05) is 13.2 Å². The number of aliphatic hydroxyl groups excluding tert-OH is 2. The highest BCUT2D eigenvalue weighted by Crippen LogP contribution is 2.22. The van der Waals surface area contributed by atoms with E-state index in [2.05, 4.69) is 28.1 Å². The maximum Gasteiger partial charge on any atom is 0.330 e. The SMILES string of the molecule is Cn1c(Cc2ccc(I)cc2Cl)c(C(=O)NOC[C@H](O)CO)c(=O)n(C)c1=O. The first-order valence-corrected chi connectivity index (χ1v) is 9.56. The Morgan fingerprint density at radius 2 is 2.00 bits per heavy atom. The van der Waals surface area contributed by atoms with Crippen LogP contribution in [0, 0.1) is 3.57 Å². The molecule has 11 heteroatoms. The van der Waals surface area contributed by atoms with E-state index in [0.717, 1.165) is 8.14 Å². The second kappa shape index (κ2) is 9.65. The van der Waals surface area contributed by atoms with Crippen LogP contribution >= 0.6 is 34.2 Å². The van der Waals surface area contributed by atoms with Crippen LogP contribution in [0.25, 0.3) is 0 Å². The number of hydrogen-bond acceptors (Lipinski definition) is 6. The van der Waals surface area contributed by atoms with Gasteiger partial charge in [-0.1, -0.05) is 17.7 Å². The Labute approximate surface area is 178 Å². The molecule has 0 fully saturated rings. The second-order valence-corrected chi connectivity index (χ2v) is 7.67. The maximum atomic E-state index is 12.6. The van der Waals surface area contributed by atoms with E-state index in [9.17, 15) is 19.5 Å². The van der Waals surface area contributed by atoms with Crippen LogP contribution < -0.4 is 16.7 Å². The summed E-state index contributed by atoms with van der Waals surface area (Å²) in [6, 6.07) is 5.30. The Morgan fingerprint density at radius 3 is 2.61 bits per heavy atom. The van der Waals surface area contributed by atoms with E-state index in [-0.39, 0.29) is 24.3 Å². The molecular weight excluding hydrogens is 505 g/mol. The van der Waals surface area contributed by atoms with Gasteiger partial charge in [-0.25, -0.2) is 10.3 Å². The summed E-state index contributed by atoms with van der Waals surface area (Å²) < 4.78 is 2.93. The standard InChI is InChI=1S/C17H19ClIN3O6/c1-21-13(5-9-3-4-10(19)6-12(9)18)14(16(26)22(2)17(21)27)15(25)20-28-8-11(24)7-23/h3-4,6,11,23-24H,5,7-8H2,1-2H3,(H,20,25)/t11-/m1/s1. The largest absolute Gasteiger partial charge is 0.394 e. The highest BCUT2D eigenvalue weighted by atomic mass is 127. The molecule has 28 heavy (non-hydrogen) atoms. The van der Waals surface area contributed by atoms with Crippen molar-refractivity contribution in [3.63, 3.8) is 0 Å². The number of benzene rings is 1. The average molecular weight is 524 g/mol. The van der Waals surface area contributed by atoms with Gasteiger partial charge in [0.15, 0.2) is 0 Å². The molecule has 1 aromatic carbocycles. The predicted octanol–water partition coefficient (Wildman–Crippen LogP) is -0.0526. The first kappa shape index (κ1) is 22.6. The van der Waals surface area contributed by atoms with Crippen molar-refractivity contribution < 1.29 is 19.8 Å². The summed E-state index contributed by atoms with van der Waals surface area (Å²) in [6.07, 6.45) is -1.12. The Balaban J connectivity index is 2.47. The van der Waals surface area contributed by atoms with Gasteiger partial charge in [0.25, 0.3) is 11.5 Å². The number of halogens is 2. The molecule has 0 aliphatic rings. The topological polar surface area (TPSA) is 123 Å². The van der Waals surface area contributed by atoms with Gasteiger partial charge in [-0.05, 0) is 40.3 Å². The summed E-state index contributed by atoms with van der Waals surface area (Å²) in [7, 11) is 2.71. The van der Waals surface area contributed by atoms with E-state index in [1.807, 2.05) is 6.07 Å². The second-order valence-electron chi connectivity index (χ2n) is 6.02. The summed E-state index contributed by atoms with van der Waals surface area (Å²) in [4.78, 5) is 42.3. The van der Waals surface area contributed by atoms with Crippen molar-refractivity contribution in [1.29, 1.82) is 0 Å². The monoisotopic (exact) mass is 523 g/mol. The number of aromatic nitrogens is 2. The number of rotatable bonds is 7. The highest BCUT2D eigenvalue weighted by Gasteiger charge is 2.23. The van der Waals surface area contributed by atoms with Crippen LogP contribution in [0.15, 0.2) is 27.8 Å². The Kier molecular flexibility index (Phi) is 7.78. The van der Waals surface area contributed by atoms with Crippen LogP contribution in [-0.4, -0.2) is 44.6 Å². The molecule has 1 amide bonds. The maximum absolute atomic E-state index is 12.6. The van der Waals surface area contributed by atoms with Crippen molar-refractivity contribution in [2.24, 2.45) is 14.1 Å². The first-order chi connectivity index (χ1) is 13.2. The van der Waals surface area contributed by atoms with E-state index in [4.69, 9.17) is 21.5 Å². The molecule has 3 N–H and O–H groups in total. The number of carbonyl (C=O) groups is 1. The molecule has 0 saturated carbocycles. The molecule has 2 rings (SSSR count).